The molecule has 0 saturated carbocycles. The monoisotopic (exact) mass is 382 g/mol. The number of carbonyl (C=O) groups excluding carboxylic acids is 1. The van der Waals surface area contributed by atoms with Gasteiger partial charge in [-0.05, 0) is 31.9 Å². The number of hydrogen-bond acceptors (Lipinski definition) is 7. The third-order valence-corrected chi connectivity index (χ3v) is 5.80. The van der Waals surface area contributed by atoms with E-state index in [9.17, 15) is 4.79 Å². The maximum absolute atomic E-state index is 13.2. The number of piperidine rings is 1. The minimum absolute atomic E-state index is 0.217. The zero-order valence-electron chi connectivity index (χ0n) is 16.2. The summed E-state index contributed by atoms with van der Waals surface area (Å²) in [5.41, 5.74) is 1.31. The fourth-order valence-corrected chi connectivity index (χ4v) is 4.23. The average Bonchev–Trinajstić information content (AvgIpc) is 3.24. The van der Waals surface area contributed by atoms with Gasteiger partial charge < -0.3 is 15.0 Å². The number of amides is 1. The van der Waals surface area contributed by atoms with Crippen LogP contribution in [0.25, 0.3) is 11.3 Å². The van der Waals surface area contributed by atoms with E-state index in [0.717, 1.165) is 56.0 Å². The predicted octanol–water partition coefficient (Wildman–Crippen LogP) is 1.27. The first-order valence-electron chi connectivity index (χ1n) is 9.79. The molecule has 8 heteroatoms. The molecule has 2 fully saturated rings. The van der Waals surface area contributed by atoms with Crippen LogP contribution in [0.2, 0.25) is 0 Å². The molecule has 8 nitrogen and oxygen atoms in total. The number of aromatic nitrogens is 4. The second-order valence-electron chi connectivity index (χ2n) is 7.63. The molecule has 0 bridgehead atoms. The third-order valence-electron chi connectivity index (χ3n) is 5.80. The van der Waals surface area contributed by atoms with Crippen LogP contribution in [0.4, 0.5) is 0 Å². The Balaban J connectivity index is 1.42. The van der Waals surface area contributed by atoms with E-state index in [-0.39, 0.29) is 11.8 Å². The zero-order chi connectivity index (χ0) is 19.4. The summed E-state index contributed by atoms with van der Waals surface area (Å²) < 4.78 is 5.37. The van der Waals surface area contributed by atoms with E-state index in [1.54, 1.807) is 25.7 Å². The summed E-state index contributed by atoms with van der Waals surface area (Å²) in [7, 11) is 1.67. The van der Waals surface area contributed by atoms with Gasteiger partial charge in [0.15, 0.2) is 0 Å². The molecule has 1 N–H and O–H groups in total. The van der Waals surface area contributed by atoms with E-state index >= 15 is 0 Å². The molecule has 4 rings (SSSR count). The summed E-state index contributed by atoms with van der Waals surface area (Å²) in [6.45, 7) is 3.51. The molecule has 4 heterocycles. The molecule has 0 radical (unpaired) electrons. The number of methoxy groups -OCH3 is 1. The van der Waals surface area contributed by atoms with Gasteiger partial charge in [0.05, 0.1) is 17.7 Å². The standard InChI is InChI=1S/C20H26N6O2/c1-28-13-20(5-7-21-12-20)19(27)26-8-3-15(4-9-26)18-24-6-2-17(25-18)16-10-22-14-23-11-16/h2,6,10-11,14-15,21H,3-5,7-9,12-13H2,1H3. The molecule has 1 unspecified atom stereocenters. The SMILES string of the molecule is COCC1(C(=O)N2CCC(c3nccc(-c4cncnc4)n3)CC2)CCNC1. The van der Waals surface area contributed by atoms with E-state index in [1.807, 2.05) is 11.0 Å². The lowest BCUT2D eigenvalue weighted by Gasteiger charge is -2.37. The van der Waals surface area contributed by atoms with Crippen molar-refractivity contribution < 1.29 is 9.53 Å². The van der Waals surface area contributed by atoms with Crippen molar-refractivity contribution in [3.05, 3.63) is 36.8 Å². The number of carbonyl (C=O) groups is 1. The Morgan fingerprint density at radius 3 is 2.79 bits per heavy atom. The second kappa shape index (κ2) is 8.28. The van der Waals surface area contributed by atoms with Gasteiger partial charge in [-0.2, -0.15) is 0 Å². The molecule has 2 aliphatic rings. The Hall–Kier alpha value is -2.45. The highest BCUT2D eigenvalue weighted by Crippen LogP contribution is 2.33. The van der Waals surface area contributed by atoms with Crippen molar-refractivity contribution >= 4 is 5.91 Å². The van der Waals surface area contributed by atoms with Crippen molar-refractivity contribution in [3.8, 4) is 11.3 Å². The van der Waals surface area contributed by atoms with Crippen molar-refractivity contribution in [1.82, 2.24) is 30.2 Å². The lowest BCUT2D eigenvalue weighted by atomic mass is 9.85. The number of hydrogen-bond donors (Lipinski definition) is 1. The molecule has 1 atom stereocenters. The lowest BCUT2D eigenvalue weighted by molar-refractivity contribution is -0.145. The van der Waals surface area contributed by atoms with E-state index in [1.165, 1.54) is 6.33 Å². The highest BCUT2D eigenvalue weighted by molar-refractivity contribution is 5.83. The van der Waals surface area contributed by atoms with E-state index in [4.69, 9.17) is 9.72 Å². The summed E-state index contributed by atoms with van der Waals surface area (Å²) >= 11 is 0. The summed E-state index contributed by atoms with van der Waals surface area (Å²) in [6, 6.07) is 1.88. The van der Waals surface area contributed by atoms with Gasteiger partial charge in [-0.15, -0.1) is 0 Å². The minimum atomic E-state index is -0.411. The number of nitrogens with zero attached hydrogens (tertiary/aromatic N) is 5. The van der Waals surface area contributed by atoms with Crippen molar-refractivity contribution in [2.24, 2.45) is 5.41 Å². The largest absolute Gasteiger partial charge is 0.384 e. The third kappa shape index (κ3) is 3.74. The Bertz CT molecular complexity index is 801. The Morgan fingerprint density at radius 2 is 2.11 bits per heavy atom. The van der Waals surface area contributed by atoms with Crippen LogP contribution < -0.4 is 5.32 Å². The van der Waals surface area contributed by atoms with Crippen LogP contribution in [-0.2, 0) is 9.53 Å². The molecule has 28 heavy (non-hydrogen) atoms. The summed E-state index contributed by atoms with van der Waals surface area (Å²) in [5.74, 6) is 1.31. The molecule has 1 amide bonds. The van der Waals surface area contributed by atoms with Crippen LogP contribution in [-0.4, -0.2) is 70.6 Å². The van der Waals surface area contributed by atoms with E-state index < -0.39 is 5.41 Å². The molecule has 2 aromatic heterocycles. The number of ether oxygens (including phenoxy) is 1. The maximum Gasteiger partial charge on any atom is 0.232 e. The maximum atomic E-state index is 13.2. The van der Waals surface area contributed by atoms with Gasteiger partial charge in [-0.3, -0.25) is 4.79 Å². The molecule has 2 aliphatic heterocycles. The van der Waals surface area contributed by atoms with E-state index in [2.05, 4.69) is 20.3 Å². The van der Waals surface area contributed by atoms with Gasteiger partial charge >= 0.3 is 0 Å². The lowest BCUT2D eigenvalue weighted by Crippen LogP contribution is -2.50. The molecule has 148 valence electrons. The summed E-state index contributed by atoms with van der Waals surface area (Å²) in [6.07, 6.45) is 9.39. The first kappa shape index (κ1) is 18.9. The Labute approximate surface area is 164 Å². The first-order valence-corrected chi connectivity index (χ1v) is 9.79. The van der Waals surface area contributed by atoms with Crippen molar-refractivity contribution in [2.75, 3.05) is 39.9 Å². The molecule has 2 aromatic rings. The summed E-state index contributed by atoms with van der Waals surface area (Å²) in [4.78, 5) is 32.5. The number of nitrogens with one attached hydrogen (secondary N) is 1. The number of likely N-dealkylation sites (tertiary alicyclic amines) is 1. The Morgan fingerprint density at radius 1 is 1.32 bits per heavy atom. The Kier molecular flexibility index (Phi) is 5.59. The topological polar surface area (TPSA) is 93.1 Å². The second-order valence-corrected chi connectivity index (χ2v) is 7.63. The zero-order valence-corrected chi connectivity index (χ0v) is 16.2. The summed E-state index contributed by atoms with van der Waals surface area (Å²) in [5, 5.41) is 3.32. The van der Waals surface area contributed by atoms with Gasteiger partial charge in [0.1, 0.15) is 12.2 Å². The van der Waals surface area contributed by atoms with Crippen LogP contribution in [0.15, 0.2) is 31.0 Å². The van der Waals surface area contributed by atoms with Gasteiger partial charge in [-0.1, -0.05) is 0 Å². The predicted molar refractivity (Wildman–Crippen MR) is 103 cm³/mol. The minimum Gasteiger partial charge on any atom is -0.384 e. The number of rotatable bonds is 5. The molecule has 0 aromatic carbocycles. The molecular formula is C20H26N6O2. The van der Waals surface area contributed by atoms with Gasteiger partial charge in [0.25, 0.3) is 0 Å². The smallest absolute Gasteiger partial charge is 0.232 e. The van der Waals surface area contributed by atoms with Crippen molar-refractivity contribution in [3.63, 3.8) is 0 Å². The molecular weight excluding hydrogens is 356 g/mol. The normalized spacial score (nSPS) is 23.1. The fraction of sp³-hybridized carbons (Fsp3) is 0.550. The van der Waals surface area contributed by atoms with Crippen molar-refractivity contribution in [2.45, 2.75) is 25.2 Å². The fourth-order valence-electron chi connectivity index (χ4n) is 4.23. The highest BCUT2D eigenvalue weighted by atomic mass is 16.5. The molecule has 0 spiro atoms. The van der Waals surface area contributed by atoms with Crippen molar-refractivity contribution in [1.29, 1.82) is 0 Å². The van der Waals surface area contributed by atoms with Crippen LogP contribution in [0.5, 0.6) is 0 Å². The van der Waals surface area contributed by atoms with Crippen LogP contribution >= 0.6 is 0 Å². The van der Waals surface area contributed by atoms with Gasteiger partial charge in [0, 0.05) is 56.8 Å². The highest BCUT2D eigenvalue weighted by Gasteiger charge is 2.44. The first-order chi connectivity index (χ1) is 13.7. The molecule has 0 aliphatic carbocycles. The van der Waals surface area contributed by atoms with Gasteiger partial charge in [-0.25, -0.2) is 19.9 Å². The van der Waals surface area contributed by atoms with Crippen LogP contribution in [0.1, 0.15) is 31.0 Å². The van der Waals surface area contributed by atoms with E-state index in [0.29, 0.717) is 13.2 Å². The van der Waals surface area contributed by atoms with Crippen LogP contribution in [0, 0.1) is 5.41 Å². The van der Waals surface area contributed by atoms with Gasteiger partial charge in [0.2, 0.25) is 5.91 Å². The van der Waals surface area contributed by atoms with Crippen LogP contribution in [0.3, 0.4) is 0 Å². The molecule has 2 saturated heterocycles. The quantitative estimate of drug-likeness (QED) is 0.832. The average molecular weight is 382 g/mol.